The van der Waals surface area contributed by atoms with E-state index in [0.717, 1.165) is 25.9 Å². The number of anilines is 2. The number of nitrogen functional groups attached to an aromatic ring is 1. The van der Waals surface area contributed by atoms with Gasteiger partial charge in [0.1, 0.15) is 6.33 Å². The Balaban J connectivity index is 1.92. The molecular weight excluding hydrogens is 250 g/mol. The fraction of sp³-hybridized carbons (Fsp3) is 0.636. The van der Waals surface area contributed by atoms with Gasteiger partial charge < -0.3 is 15.8 Å². The van der Waals surface area contributed by atoms with E-state index in [2.05, 4.69) is 15.3 Å². The summed E-state index contributed by atoms with van der Waals surface area (Å²) < 4.78 is 5.59. The lowest BCUT2D eigenvalue weighted by Crippen LogP contribution is -2.22. The Hall–Kier alpha value is -1.96. The number of nitrogens with one attached hydrogen (secondary N) is 1. The van der Waals surface area contributed by atoms with E-state index in [4.69, 9.17) is 10.5 Å². The van der Waals surface area contributed by atoms with Gasteiger partial charge in [0.05, 0.1) is 11.0 Å². The summed E-state index contributed by atoms with van der Waals surface area (Å²) >= 11 is 0. The number of nitro groups is 1. The highest BCUT2D eigenvalue weighted by Crippen LogP contribution is 2.26. The molecule has 8 heteroatoms. The smallest absolute Gasteiger partial charge is 0.352 e. The summed E-state index contributed by atoms with van der Waals surface area (Å²) in [6.45, 7) is 1.35. The molecule has 8 nitrogen and oxygen atoms in total. The molecule has 0 radical (unpaired) electrons. The zero-order valence-corrected chi connectivity index (χ0v) is 10.5. The van der Waals surface area contributed by atoms with Gasteiger partial charge in [-0.2, -0.15) is 0 Å². The molecule has 0 spiro atoms. The van der Waals surface area contributed by atoms with Gasteiger partial charge in [0, 0.05) is 13.2 Å². The summed E-state index contributed by atoms with van der Waals surface area (Å²) in [5.74, 6) is 0.0322. The fourth-order valence-electron chi connectivity index (χ4n) is 2.09. The largest absolute Gasteiger partial charge is 0.378 e. The number of nitrogens with two attached hydrogens (primary N) is 1. The third kappa shape index (κ3) is 3.50. The van der Waals surface area contributed by atoms with Crippen LogP contribution < -0.4 is 11.1 Å². The van der Waals surface area contributed by atoms with E-state index in [1.54, 1.807) is 0 Å². The number of rotatable bonds is 5. The van der Waals surface area contributed by atoms with Crippen LogP contribution in [0.1, 0.15) is 25.7 Å². The first-order chi connectivity index (χ1) is 9.18. The highest BCUT2D eigenvalue weighted by Gasteiger charge is 2.21. The van der Waals surface area contributed by atoms with Gasteiger partial charge in [-0.25, -0.2) is 9.97 Å². The normalized spacial score (nSPS) is 19.1. The van der Waals surface area contributed by atoms with Crippen LogP contribution in [0.3, 0.4) is 0 Å². The average molecular weight is 267 g/mol. The van der Waals surface area contributed by atoms with Crippen LogP contribution in [-0.4, -0.2) is 34.1 Å². The van der Waals surface area contributed by atoms with Crippen molar-refractivity contribution in [2.75, 3.05) is 24.2 Å². The molecule has 0 bridgehead atoms. The molecule has 0 saturated carbocycles. The molecular formula is C11H17N5O3. The van der Waals surface area contributed by atoms with E-state index >= 15 is 0 Å². The minimum absolute atomic E-state index is 0.128. The van der Waals surface area contributed by atoms with E-state index in [1.807, 2.05) is 0 Å². The summed E-state index contributed by atoms with van der Waals surface area (Å²) in [5.41, 5.74) is 5.21. The molecule has 2 heterocycles. The van der Waals surface area contributed by atoms with Crippen molar-refractivity contribution in [3.63, 3.8) is 0 Å². The maximum absolute atomic E-state index is 10.9. The Morgan fingerprint density at radius 2 is 2.37 bits per heavy atom. The first-order valence-corrected chi connectivity index (χ1v) is 6.29. The monoisotopic (exact) mass is 267 g/mol. The van der Waals surface area contributed by atoms with Gasteiger partial charge in [0.25, 0.3) is 0 Å². The molecule has 0 aliphatic carbocycles. The molecule has 1 aliphatic heterocycles. The Morgan fingerprint density at radius 1 is 1.53 bits per heavy atom. The van der Waals surface area contributed by atoms with Gasteiger partial charge in [-0.15, -0.1) is 0 Å². The quantitative estimate of drug-likeness (QED) is 0.610. The lowest BCUT2D eigenvalue weighted by atomic mass is 10.1. The van der Waals surface area contributed by atoms with E-state index in [0.29, 0.717) is 6.54 Å². The van der Waals surface area contributed by atoms with Gasteiger partial charge in [0.15, 0.2) is 0 Å². The van der Waals surface area contributed by atoms with Crippen LogP contribution in [0.15, 0.2) is 6.33 Å². The van der Waals surface area contributed by atoms with Crippen LogP contribution in [-0.2, 0) is 4.74 Å². The molecule has 1 fully saturated rings. The first-order valence-electron chi connectivity index (χ1n) is 6.29. The summed E-state index contributed by atoms with van der Waals surface area (Å²) in [5, 5.41) is 13.8. The molecule has 1 atom stereocenters. The molecule has 0 amide bonds. The number of hydrogen-bond donors (Lipinski definition) is 2. The minimum atomic E-state index is -0.575. The van der Waals surface area contributed by atoms with Crippen molar-refractivity contribution in [1.29, 1.82) is 0 Å². The van der Waals surface area contributed by atoms with Crippen molar-refractivity contribution in [1.82, 2.24) is 9.97 Å². The van der Waals surface area contributed by atoms with Crippen LogP contribution in [0.2, 0.25) is 0 Å². The second-order valence-corrected chi connectivity index (χ2v) is 4.42. The Bertz CT molecular complexity index is 448. The average Bonchev–Trinajstić information content (AvgIpc) is 2.39. The van der Waals surface area contributed by atoms with Crippen LogP contribution in [0.5, 0.6) is 0 Å². The maximum atomic E-state index is 10.9. The molecule has 2 rings (SSSR count). The van der Waals surface area contributed by atoms with Gasteiger partial charge in [-0.3, -0.25) is 10.1 Å². The second-order valence-electron chi connectivity index (χ2n) is 4.42. The third-order valence-electron chi connectivity index (χ3n) is 3.07. The number of nitrogens with zero attached hydrogens (tertiary/aromatic N) is 3. The van der Waals surface area contributed by atoms with Crippen molar-refractivity contribution in [3.05, 3.63) is 16.4 Å². The minimum Gasteiger partial charge on any atom is -0.378 e. The molecule has 1 saturated heterocycles. The van der Waals surface area contributed by atoms with E-state index in [9.17, 15) is 10.1 Å². The van der Waals surface area contributed by atoms with Gasteiger partial charge in [-0.1, -0.05) is 0 Å². The topological polar surface area (TPSA) is 116 Å². The fourth-order valence-corrected chi connectivity index (χ4v) is 2.09. The van der Waals surface area contributed by atoms with Crippen LogP contribution >= 0.6 is 0 Å². The molecule has 1 aromatic heterocycles. The predicted octanol–water partition coefficient (Wildman–Crippen LogP) is 1.34. The zero-order valence-electron chi connectivity index (χ0n) is 10.5. The molecule has 19 heavy (non-hydrogen) atoms. The van der Waals surface area contributed by atoms with Crippen molar-refractivity contribution in [2.45, 2.75) is 31.8 Å². The third-order valence-corrected chi connectivity index (χ3v) is 3.07. The number of hydrogen-bond acceptors (Lipinski definition) is 7. The number of aromatic nitrogens is 2. The summed E-state index contributed by atoms with van der Waals surface area (Å²) in [7, 11) is 0. The zero-order chi connectivity index (χ0) is 13.7. The molecule has 104 valence electrons. The van der Waals surface area contributed by atoms with Crippen LogP contribution in [0, 0.1) is 10.1 Å². The van der Waals surface area contributed by atoms with Crippen molar-refractivity contribution in [2.24, 2.45) is 0 Å². The summed E-state index contributed by atoms with van der Waals surface area (Å²) in [4.78, 5) is 17.8. The Labute approximate surface area is 110 Å². The maximum Gasteiger partial charge on any atom is 0.352 e. The van der Waals surface area contributed by atoms with Gasteiger partial charge in [-0.05, 0) is 25.7 Å². The van der Waals surface area contributed by atoms with Crippen molar-refractivity contribution < 1.29 is 9.66 Å². The van der Waals surface area contributed by atoms with Gasteiger partial charge >= 0.3 is 5.69 Å². The lowest BCUT2D eigenvalue weighted by molar-refractivity contribution is -0.383. The number of ether oxygens (including phenoxy) is 1. The molecule has 1 unspecified atom stereocenters. The van der Waals surface area contributed by atoms with Crippen molar-refractivity contribution in [3.8, 4) is 0 Å². The Kier molecular flexibility index (Phi) is 4.45. The summed E-state index contributed by atoms with van der Waals surface area (Å²) in [6, 6.07) is 0. The van der Waals surface area contributed by atoms with Crippen LogP contribution in [0.4, 0.5) is 17.3 Å². The standard InChI is InChI=1S/C11H17N5O3/c12-10-9(16(17)18)11(15-7-14-10)13-5-4-8-3-1-2-6-19-8/h7-8H,1-6H2,(H3,12,13,14,15). The highest BCUT2D eigenvalue weighted by molar-refractivity contribution is 5.67. The predicted molar refractivity (Wildman–Crippen MR) is 69.8 cm³/mol. The van der Waals surface area contributed by atoms with E-state index < -0.39 is 4.92 Å². The first kappa shape index (κ1) is 13.5. The molecule has 1 aliphatic rings. The van der Waals surface area contributed by atoms with Crippen LogP contribution in [0.25, 0.3) is 0 Å². The van der Waals surface area contributed by atoms with Crippen molar-refractivity contribution >= 4 is 17.3 Å². The van der Waals surface area contributed by atoms with Gasteiger partial charge in [0.2, 0.25) is 11.6 Å². The molecule has 3 N–H and O–H groups in total. The van der Waals surface area contributed by atoms with E-state index in [-0.39, 0.29) is 23.4 Å². The Morgan fingerprint density at radius 3 is 3.05 bits per heavy atom. The highest BCUT2D eigenvalue weighted by atomic mass is 16.6. The second kappa shape index (κ2) is 6.28. The molecule has 0 aromatic carbocycles. The lowest BCUT2D eigenvalue weighted by Gasteiger charge is -2.22. The molecule has 1 aromatic rings. The SMILES string of the molecule is Nc1ncnc(NCCC2CCCCO2)c1[N+](=O)[O-]. The van der Waals surface area contributed by atoms with E-state index in [1.165, 1.54) is 12.7 Å². The summed E-state index contributed by atoms with van der Waals surface area (Å²) in [6.07, 6.45) is 5.54.